The van der Waals surface area contributed by atoms with Crippen molar-refractivity contribution < 1.29 is 0 Å². The molecule has 10 aromatic carbocycles. The molecular formula is C66H49NS. The van der Waals surface area contributed by atoms with Gasteiger partial charge in [-0.2, -0.15) is 0 Å². The Kier molecular flexibility index (Phi) is 9.16. The lowest BCUT2D eigenvalue weighted by molar-refractivity contribution is 0.660. The molecule has 0 amide bonds. The molecule has 1 aromatic heterocycles. The van der Waals surface area contributed by atoms with Gasteiger partial charge in [0.1, 0.15) is 0 Å². The first-order valence-corrected chi connectivity index (χ1v) is 24.6. The minimum absolute atomic E-state index is 0.144. The fourth-order valence-corrected chi connectivity index (χ4v) is 12.7. The van der Waals surface area contributed by atoms with E-state index in [9.17, 15) is 0 Å². The highest BCUT2D eigenvalue weighted by atomic mass is 32.1. The number of thiophene rings is 1. The SMILES string of the molecule is CC1(C)c2ccc(-c3cccc(N(c4ccccc4-c4ccc5sc6ccccc6c5c4)c4cccc5c4-c4ccccc4C5(C)C)c3)cc2-c2c(-c3ccccc3)cc(-c3ccccc3)cc21. The van der Waals surface area contributed by atoms with E-state index in [0.717, 1.165) is 11.4 Å². The molecule has 2 aliphatic rings. The first-order chi connectivity index (χ1) is 33.2. The molecule has 0 fully saturated rings. The zero-order valence-corrected chi connectivity index (χ0v) is 39.5. The molecule has 0 saturated heterocycles. The number of hydrogen-bond acceptors (Lipinski definition) is 2. The lowest BCUT2D eigenvalue weighted by atomic mass is 9.80. The quantitative estimate of drug-likeness (QED) is 0.154. The third-order valence-corrected chi connectivity index (χ3v) is 16.2. The van der Waals surface area contributed by atoms with Crippen LogP contribution in [0.5, 0.6) is 0 Å². The highest BCUT2D eigenvalue weighted by Gasteiger charge is 2.39. The maximum atomic E-state index is 2.54. The van der Waals surface area contributed by atoms with Crippen LogP contribution in [-0.2, 0) is 10.8 Å². The summed E-state index contributed by atoms with van der Waals surface area (Å²) in [6.07, 6.45) is 0. The summed E-state index contributed by atoms with van der Waals surface area (Å²) < 4.78 is 2.63. The highest BCUT2D eigenvalue weighted by molar-refractivity contribution is 7.25. The Balaban J connectivity index is 1.01. The smallest absolute Gasteiger partial charge is 0.0543 e. The Morgan fingerprint density at radius 1 is 0.309 bits per heavy atom. The Hall–Kier alpha value is -7.78. The molecule has 0 aliphatic heterocycles. The van der Waals surface area contributed by atoms with E-state index >= 15 is 0 Å². The van der Waals surface area contributed by atoms with Gasteiger partial charge in [0, 0.05) is 47.8 Å². The van der Waals surface area contributed by atoms with E-state index in [1.165, 1.54) is 115 Å². The lowest BCUT2D eigenvalue weighted by Crippen LogP contribution is -2.16. The van der Waals surface area contributed by atoms with Gasteiger partial charge in [0.25, 0.3) is 0 Å². The second kappa shape index (κ2) is 15.4. The summed E-state index contributed by atoms with van der Waals surface area (Å²) in [7, 11) is 0. The second-order valence-electron chi connectivity index (χ2n) is 19.6. The fourth-order valence-electron chi connectivity index (χ4n) is 11.6. The topological polar surface area (TPSA) is 3.24 Å². The third-order valence-electron chi connectivity index (χ3n) is 15.1. The van der Waals surface area contributed by atoms with Crippen molar-refractivity contribution in [1.82, 2.24) is 0 Å². The van der Waals surface area contributed by atoms with Gasteiger partial charge in [-0.1, -0.05) is 191 Å². The zero-order valence-electron chi connectivity index (χ0n) is 38.7. The molecule has 0 atom stereocenters. The normalized spacial score (nSPS) is 13.8. The van der Waals surface area contributed by atoms with Gasteiger partial charge in [-0.3, -0.25) is 0 Å². The second-order valence-corrected chi connectivity index (χ2v) is 20.7. The van der Waals surface area contributed by atoms with Crippen LogP contribution in [0.15, 0.2) is 224 Å². The van der Waals surface area contributed by atoms with Crippen molar-refractivity contribution in [2.75, 3.05) is 4.90 Å². The molecular weight excluding hydrogens is 839 g/mol. The maximum absolute atomic E-state index is 2.54. The van der Waals surface area contributed by atoms with Crippen molar-refractivity contribution in [3.8, 4) is 66.8 Å². The number of nitrogens with zero attached hydrogens (tertiary/aromatic N) is 1. The highest BCUT2D eigenvalue weighted by Crippen LogP contribution is 2.57. The zero-order chi connectivity index (χ0) is 45.7. The van der Waals surface area contributed by atoms with E-state index in [1.807, 2.05) is 11.3 Å². The van der Waals surface area contributed by atoms with Crippen molar-refractivity contribution >= 4 is 48.6 Å². The Morgan fingerprint density at radius 2 is 0.897 bits per heavy atom. The van der Waals surface area contributed by atoms with E-state index in [4.69, 9.17) is 0 Å². The Bertz CT molecular complexity index is 3800. The minimum Gasteiger partial charge on any atom is -0.309 e. The summed E-state index contributed by atoms with van der Waals surface area (Å²) in [6.45, 7) is 9.54. The molecule has 0 radical (unpaired) electrons. The number of para-hydroxylation sites is 1. The standard InChI is InChI=1S/C66H49NS/c1-65(2)55-28-14-11-27-51(55)64-57(65)29-18-31-60(64)67(59-30-15-12-25-49(59)46-34-36-62-53(39-46)50-26-13-16-32-61(50)68-62)48-24-17-23-44(37-48)45-33-35-56-54(38-45)63-52(43-21-9-6-10-22-43)40-47(41-58(63)66(56,3)4)42-19-7-5-8-20-42/h5-41H,1-4H3. The average molecular weight is 888 g/mol. The summed E-state index contributed by atoms with van der Waals surface area (Å²) in [4.78, 5) is 2.54. The van der Waals surface area contributed by atoms with Crippen LogP contribution in [0.25, 0.3) is 86.9 Å². The molecule has 2 heteroatoms. The molecule has 0 spiro atoms. The first kappa shape index (κ1) is 40.5. The minimum atomic E-state index is -0.185. The number of rotatable bonds is 7. The van der Waals surface area contributed by atoms with Gasteiger partial charge in [0.2, 0.25) is 0 Å². The monoisotopic (exact) mass is 887 g/mol. The molecule has 13 rings (SSSR count). The first-order valence-electron chi connectivity index (χ1n) is 23.8. The van der Waals surface area contributed by atoms with Crippen LogP contribution in [0.3, 0.4) is 0 Å². The lowest BCUT2D eigenvalue weighted by Gasteiger charge is -2.31. The van der Waals surface area contributed by atoms with Crippen molar-refractivity contribution in [2.24, 2.45) is 0 Å². The van der Waals surface area contributed by atoms with Gasteiger partial charge < -0.3 is 4.90 Å². The van der Waals surface area contributed by atoms with Crippen LogP contribution in [0.4, 0.5) is 17.1 Å². The van der Waals surface area contributed by atoms with Crippen LogP contribution < -0.4 is 4.90 Å². The summed E-state index contributed by atoms with van der Waals surface area (Å²) >= 11 is 1.87. The van der Waals surface area contributed by atoms with Crippen LogP contribution in [0.1, 0.15) is 49.9 Å². The van der Waals surface area contributed by atoms with Crippen LogP contribution in [0.2, 0.25) is 0 Å². The third kappa shape index (κ3) is 6.21. The summed E-state index contributed by atoms with van der Waals surface area (Å²) in [5.74, 6) is 0. The van der Waals surface area contributed by atoms with Gasteiger partial charge in [0.15, 0.2) is 0 Å². The van der Waals surface area contributed by atoms with E-state index in [1.54, 1.807) is 0 Å². The van der Waals surface area contributed by atoms with Crippen molar-refractivity contribution in [2.45, 2.75) is 38.5 Å². The van der Waals surface area contributed by atoms with E-state index < -0.39 is 0 Å². The molecule has 0 N–H and O–H groups in total. The molecule has 68 heavy (non-hydrogen) atoms. The van der Waals surface area contributed by atoms with E-state index in [-0.39, 0.29) is 10.8 Å². The van der Waals surface area contributed by atoms with Gasteiger partial charge in [-0.15, -0.1) is 11.3 Å². The molecule has 2 aliphatic carbocycles. The molecule has 1 nitrogen and oxygen atoms in total. The van der Waals surface area contributed by atoms with E-state index in [2.05, 4.69) is 257 Å². The van der Waals surface area contributed by atoms with Crippen molar-refractivity contribution in [3.63, 3.8) is 0 Å². The molecule has 11 aromatic rings. The van der Waals surface area contributed by atoms with E-state index in [0.29, 0.717) is 0 Å². The fraction of sp³-hybridized carbons (Fsp3) is 0.0909. The van der Waals surface area contributed by atoms with Gasteiger partial charge >= 0.3 is 0 Å². The van der Waals surface area contributed by atoms with Gasteiger partial charge in [-0.25, -0.2) is 0 Å². The average Bonchev–Trinajstić information content (AvgIpc) is 3.96. The number of hydrogen-bond donors (Lipinski definition) is 0. The summed E-state index contributed by atoms with van der Waals surface area (Å²) in [6, 6.07) is 83.9. The number of benzene rings is 10. The van der Waals surface area contributed by atoms with Crippen LogP contribution >= 0.6 is 11.3 Å². The van der Waals surface area contributed by atoms with Crippen molar-refractivity contribution in [3.05, 3.63) is 247 Å². The number of anilines is 3. The maximum Gasteiger partial charge on any atom is 0.0543 e. The largest absolute Gasteiger partial charge is 0.309 e. The molecule has 1 heterocycles. The summed E-state index contributed by atoms with van der Waals surface area (Å²) in [5.41, 5.74) is 23.6. The number of fused-ring (bicyclic) bond motifs is 9. The van der Waals surface area contributed by atoms with Crippen LogP contribution in [-0.4, -0.2) is 0 Å². The van der Waals surface area contributed by atoms with Crippen molar-refractivity contribution in [1.29, 1.82) is 0 Å². The summed E-state index contributed by atoms with van der Waals surface area (Å²) in [5, 5.41) is 2.61. The Morgan fingerprint density at radius 3 is 1.74 bits per heavy atom. The molecule has 0 unspecified atom stereocenters. The predicted molar refractivity (Wildman–Crippen MR) is 291 cm³/mol. The Labute approximate surface area is 403 Å². The van der Waals surface area contributed by atoms with Gasteiger partial charge in [0.05, 0.1) is 11.4 Å². The molecule has 324 valence electrons. The van der Waals surface area contributed by atoms with Gasteiger partial charge in [-0.05, 0) is 139 Å². The predicted octanol–water partition coefficient (Wildman–Crippen LogP) is 18.8. The molecule has 0 bridgehead atoms. The molecule has 0 saturated carbocycles. The van der Waals surface area contributed by atoms with Crippen LogP contribution in [0, 0.1) is 0 Å².